The topological polar surface area (TPSA) is 29.5 Å². The average Bonchev–Trinajstić information content (AvgIpc) is 2.88. The van der Waals surface area contributed by atoms with Crippen LogP contribution in [0.2, 0.25) is 0 Å². The van der Waals surface area contributed by atoms with Crippen LogP contribution in [-0.2, 0) is 11.2 Å². The fraction of sp³-hybridized carbons (Fsp3) is 0.158. The summed E-state index contributed by atoms with van der Waals surface area (Å²) in [6, 6.07) is 17.7. The van der Waals surface area contributed by atoms with Gasteiger partial charge in [0.25, 0.3) is 5.91 Å². The number of amides is 1. The number of hydrogen-bond acceptors (Lipinski definition) is 4. The second kappa shape index (κ2) is 7.64. The van der Waals surface area contributed by atoms with Gasteiger partial charge in [-0.05, 0) is 35.8 Å². The van der Waals surface area contributed by atoms with Gasteiger partial charge in [0.2, 0.25) is 0 Å². The summed E-state index contributed by atoms with van der Waals surface area (Å²) in [6.07, 6.45) is 2.65. The zero-order valence-corrected chi connectivity index (χ0v) is 14.9. The van der Waals surface area contributed by atoms with Crippen molar-refractivity contribution in [3.8, 4) is 5.75 Å². The zero-order chi connectivity index (χ0) is 16.9. The van der Waals surface area contributed by atoms with Gasteiger partial charge < -0.3 is 4.74 Å². The van der Waals surface area contributed by atoms with Crippen molar-refractivity contribution in [1.29, 1.82) is 0 Å². The molecule has 1 aliphatic heterocycles. The largest absolute Gasteiger partial charge is 0.497 e. The molecule has 122 valence electrons. The van der Waals surface area contributed by atoms with E-state index >= 15 is 0 Å². The first-order valence-corrected chi connectivity index (χ1v) is 8.83. The first-order chi connectivity index (χ1) is 11.7. The summed E-state index contributed by atoms with van der Waals surface area (Å²) in [6.45, 7) is 0.586. The highest BCUT2D eigenvalue weighted by atomic mass is 32.2. The number of thioether (sulfide) groups is 1. The van der Waals surface area contributed by atoms with Crippen molar-refractivity contribution >= 4 is 40.3 Å². The SMILES string of the molecule is COc1ccc(CCN2C(=O)C(=Cc3ccccc3)SC2=S)cc1. The summed E-state index contributed by atoms with van der Waals surface area (Å²) < 4.78 is 5.78. The highest BCUT2D eigenvalue weighted by Crippen LogP contribution is 2.32. The van der Waals surface area contributed by atoms with Crippen molar-refractivity contribution in [1.82, 2.24) is 4.90 Å². The first-order valence-electron chi connectivity index (χ1n) is 7.61. The van der Waals surface area contributed by atoms with Crippen LogP contribution >= 0.6 is 24.0 Å². The van der Waals surface area contributed by atoms with Gasteiger partial charge in [0.05, 0.1) is 12.0 Å². The van der Waals surface area contributed by atoms with Crippen LogP contribution in [0.25, 0.3) is 6.08 Å². The van der Waals surface area contributed by atoms with Crippen molar-refractivity contribution in [3.63, 3.8) is 0 Å². The lowest BCUT2D eigenvalue weighted by molar-refractivity contribution is -0.122. The van der Waals surface area contributed by atoms with E-state index in [2.05, 4.69) is 0 Å². The van der Waals surface area contributed by atoms with Crippen LogP contribution in [0.3, 0.4) is 0 Å². The monoisotopic (exact) mass is 355 g/mol. The summed E-state index contributed by atoms with van der Waals surface area (Å²) >= 11 is 6.74. The van der Waals surface area contributed by atoms with Crippen molar-refractivity contribution in [2.75, 3.05) is 13.7 Å². The fourth-order valence-corrected chi connectivity index (χ4v) is 3.74. The quantitative estimate of drug-likeness (QED) is 0.595. The van der Waals surface area contributed by atoms with Gasteiger partial charge in [-0.1, -0.05) is 66.4 Å². The Kier molecular flexibility index (Phi) is 5.33. The van der Waals surface area contributed by atoms with Gasteiger partial charge in [-0.25, -0.2) is 0 Å². The molecule has 0 saturated carbocycles. The molecule has 3 rings (SSSR count). The highest BCUT2D eigenvalue weighted by molar-refractivity contribution is 8.26. The Morgan fingerprint density at radius 3 is 2.50 bits per heavy atom. The van der Waals surface area contributed by atoms with E-state index in [9.17, 15) is 4.79 Å². The third-order valence-corrected chi connectivity index (χ3v) is 5.13. The Labute approximate surface area is 151 Å². The highest BCUT2D eigenvalue weighted by Gasteiger charge is 2.31. The number of thiocarbonyl (C=S) groups is 1. The second-order valence-corrected chi connectivity index (χ2v) is 7.02. The Hall–Kier alpha value is -2.11. The molecule has 0 spiro atoms. The molecule has 1 fully saturated rings. The van der Waals surface area contributed by atoms with Crippen LogP contribution in [0.5, 0.6) is 5.75 Å². The van der Waals surface area contributed by atoms with Gasteiger partial charge in [-0.3, -0.25) is 9.69 Å². The van der Waals surface area contributed by atoms with Gasteiger partial charge in [-0.2, -0.15) is 0 Å². The third-order valence-electron chi connectivity index (χ3n) is 3.75. The number of carbonyl (C=O) groups excluding carboxylic acids is 1. The predicted octanol–water partition coefficient (Wildman–Crippen LogP) is 4.14. The summed E-state index contributed by atoms with van der Waals surface area (Å²) in [5, 5.41) is 0. The van der Waals surface area contributed by atoms with Crippen molar-refractivity contribution in [2.45, 2.75) is 6.42 Å². The van der Waals surface area contributed by atoms with Gasteiger partial charge in [0, 0.05) is 6.54 Å². The van der Waals surface area contributed by atoms with Crippen LogP contribution < -0.4 is 4.74 Å². The van der Waals surface area contributed by atoms with Crippen LogP contribution in [-0.4, -0.2) is 28.8 Å². The van der Waals surface area contributed by atoms with Gasteiger partial charge in [0.1, 0.15) is 10.1 Å². The Bertz CT molecular complexity index is 770. The molecule has 0 aliphatic carbocycles. The van der Waals surface area contributed by atoms with E-state index in [1.165, 1.54) is 11.8 Å². The number of rotatable bonds is 5. The predicted molar refractivity (Wildman–Crippen MR) is 103 cm³/mol. The summed E-state index contributed by atoms with van der Waals surface area (Å²) in [7, 11) is 1.65. The molecule has 1 heterocycles. The molecule has 0 radical (unpaired) electrons. The summed E-state index contributed by atoms with van der Waals surface area (Å²) in [4.78, 5) is 14.9. The standard InChI is InChI=1S/C19H17NO2S2/c1-22-16-9-7-14(8-10-16)11-12-20-18(21)17(24-19(20)23)13-15-5-3-2-4-6-15/h2-10,13H,11-12H2,1H3. The molecule has 3 nitrogen and oxygen atoms in total. The minimum atomic E-state index is -0.0117. The summed E-state index contributed by atoms with van der Waals surface area (Å²) in [5.41, 5.74) is 2.16. The van der Waals surface area contributed by atoms with Crippen molar-refractivity contribution < 1.29 is 9.53 Å². The molecule has 2 aromatic carbocycles. The maximum atomic E-state index is 12.6. The Balaban J connectivity index is 1.67. The van der Waals surface area contributed by atoms with Gasteiger partial charge in [-0.15, -0.1) is 0 Å². The van der Waals surface area contributed by atoms with Crippen LogP contribution in [0.15, 0.2) is 59.5 Å². The van der Waals surface area contributed by atoms with E-state index in [4.69, 9.17) is 17.0 Å². The lowest BCUT2D eigenvalue weighted by Crippen LogP contribution is -2.30. The first kappa shape index (κ1) is 16.7. The van der Waals surface area contributed by atoms with E-state index in [1.807, 2.05) is 60.7 Å². The molecular formula is C19H17NO2S2. The minimum absolute atomic E-state index is 0.0117. The van der Waals surface area contributed by atoms with Crippen molar-refractivity contribution in [3.05, 3.63) is 70.6 Å². The minimum Gasteiger partial charge on any atom is -0.497 e. The molecule has 0 bridgehead atoms. The fourth-order valence-electron chi connectivity index (χ4n) is 2.43. The number of hydrogen-bond donors (Lipinski definition) is 0. The molecule has 0 aromatic heterocycles. The van der Waals surface area contributed by atoms with E-state index in [0.29, 0.717) is 15.8 Å². The van der Waals surface area contributed by atoms with Gasteiger partial charge in [0.15, 0.2) is 0 Å². The molecule has 1 amide bonds. The molecule has 0 N–H and O–H groups in total. The lowest BCUT2D eigenvalue weighted by atomic mass is 10.1. The van der Waals surface area contributed by atoms with E-state index in [-0.39, 0.29) is 5.91 Å². The Morgan fingerprint density at radius 1 is 1.12 bits per heavy atom. The van der Waals surface area contributed by atoms with E-state index in [0.717, 1.165) is 23.3 Å². The molecule has 24 heavy (non-hydrogen) atoms. The van der Waals surface area contributed by atoms with Gasteiger partial charge >= 0.3 is 0 Å². The zero-order valence-electron chi connectivity index (χ0n) is 13.3. The maximum absolute atomic E-state index is 12.6. The molecule has 1 saturated heterocycles. The molecule has 0 atom stereocenters. The van der Waals surface area contributed by atoms with E-state index < -0.39 is 0 Å². The summed E-state index contributed by atoms with van der Waals surface area (Å²) in [5.74, 6) is 0.817. The number of carbonyl (C=O) groups is 1. The molecule has 5 heteroatoms. The normalized spacial score (nSPS) is 16.0. The van der Waals surface area contributed by atoms with E-state index in [1.54, 1.807) is 12.0 Å². The molecule has 1 aliphatic rings. The maximum Gasteiger partial charge on any atom is 0.266 e. The van der Waals surface area contributed by atoms with Crippen molar-refractivity contribution in [2.24, 2.45) is 0 Å². The number of nitrogens with zero attached hydrogens (tertiary/aromatic N) is 1. The molecular weight excluding hydrogens is 338 g/mol. The Morgan fingerprint density at radius 2 is 1.83 bits per heavy atom. The number of ether oxygens (including phenoxy) is 1. The van der Waals surface area contributed by atoms with Crippen LogP contribution in [0, 0.1) is 0 Å². The second-order valence-electron chi connectivity index (χ2n) is 5.34. The third kappa shape index (κ3) is 3.86. The number of methoxy groups -OCH3 is 1. The number of benzene rings is 2. The van der Waals surface area contributed by atoms with Crippen LogP contribution in [0.1, 0.15) is 11.1 Å². The smallest absolute Gasteiger partial charge is 0.266 e. The molecule has 2 aromatic rings. The molecule has 0 unspecified atom stereocenters. The average molecular weight is 355 g/mol. The van der Waals surface area contributed by atoms with Crippen LogP contribution in [0.4, 0.5) is 0 Å². The lowest BCUT2D eigenvalue weighted by Gasteiger charge is -2.14.